The Balaban J connectivity index is 1.95. The van der Waals surface area contributed by atoms with E-state index in [0.717, 1.165) is 4.90 Å². The molecule has 162 valence electrons. The fourth-order valence-electron chi connectivity index (χ4n) is 3.34. The molecule has 2 rings (SSSR count). The molecule has 0 bridgehead atoms. The highest BCUT2D eigenvalue weighted by Gasteiger charge is 2.34. The SMILES string of the molecule is CC(C)CN(CC(F)(F)F)C(=O)CN1CCCN(C(=O)c2cccc(F)c2)CC1. The third-order valence-electron chi connectivity index (χ3n) is 4.61. The van der Waals surface area contributed by atoms with Crippen molar-refractivity contribution in [1.29, 1.82) is 0 Å². The quantitative estimate of drug-likeness (QED) is 0.669. The van der Waals surface area contributed by atoms with Crippen LogP contribution in [0.15, 0.2) is 24.3 Å². The summed E-state index contributed by atoms with van der Waals surface area (Å²) in [4.78, 5) is 29.2. The van der Waals surface area contributed by atoms with Gasteiger partial charge < -0.3 is 9.80 Å². The lowest BCUT2D eigenvalue weighted by atomic mass is 10.2. The van der Waals surface area contributed by atoms with E-state index in [1.807, 2.05) is 0 Å². The Morgan fingerprint density at radius 1 is 1.14 bits per heavy atom. The summed E-state index contributed by atoms with van der Waals surface area (Å²) in [6.45, 7) is 3.82. The summed E-state index contributed by atoms with van der Waals surface area (Å²) in [6.07, 6.45) is -3.87. The number of rotatable bonds is 6. The molecule has 9 heteroatoms. The maximum atomic E-state index is 13.4. The Kier molecular flexibility index (Phi) is 8.01. The molecule has 0 radical (unpaired) electrons. The Hall–Kier alpha value is -2.16. The lowest BCUT2D eigenvalue weighted by molar-refractivity contribution is -0.162. The van der Waals surface area contributed by atoms with Crippen LogP contribution in [-0.4, -0.2) is 78.5 Å². The van der Waals surface area contributed by atoms with Gasteiger partial charge in [0.1, 0.15) is 12.4 Å². The van der Waals surface area contributed by atoms with Crippen LogP contribution in [0.4, 0.5) is 17.6 Å². The summed E-state index contributed by atoms with van der Waals surface area (Å²) in [5, 5.41) is 0. The van der Waals surface area contributed by atoms with Crippen molar-refractivity contribution in [3.8, 4) is 0 Å². The Morgan fingerprint density at radius 3 is 2.48 bits per heavy atom. The van der Waals surface area contributed by atoms with Crippen molar-refractivity contribution in [2.45, 2.75) is 26.4 Å². The second-order valence-electron chi connectivity index (χ2n) is 7.72. The van der Waals surface area contributed by atoms with E-state index >= 15 is 0 Å². The summed E-state index contributed by atoms with van der Waals surface area (Å²) in [5.74, 6) is -1.44. The Bertz CT molecular complexity index is 709. The van der Waals surface area contributed by atoms with Crippen molar-refractivity contribution < 1.29 is 27.2 Å². The van der Waals surface area contributed by atoms with E-state index in [-0.39, 0.29) is 30.5 Å². The van der Waals surface area contributed by atoms with Gasteiger partial charge in [0.15, 0.2) is 0 Å². The van der Waals surface area contributed by atoms with Gasteiger partial charge in [-0.25, -0.2) is 4.39 Å². The molecule has 0 N–H and O–H groups in total. The average Bonchev–Trinajstić information content (AvgIpc) is 2.84. The first-order valence-electron chi connectivity index (χ1n) is 9.67. The molecule has 2 amide bonds. The maximum absolute atomic E-state index is 13.4. The van der Waals surface area contributed by atoms with Crippen LogP contribution in [0.25, 0.3) is 0 Å². The van der Waals surface area contributed by atoms with Gasteiger partial charge in [0.2, 0.25) is 5.91 Å². The standard InChI is InChI=1S/C20H27F4N3O2/c1-15(2)12-27(14-20(22,23)24)18(28)13-25-7-4-8-26(10-9-25)19(29)16-5-3-6-17(21)11-16/h3,5-6,11,15H,4,7-10,12-14H2,1-2H3. The highest BCUT2D eigenvalue weighted by molar-refractivity contribution is 5.94. The fraction of sp³-hybridized carbons (Fsp3) is 0.600. The minimum Gasteiger partial charge on any atom is -0.337 e. The van der Waals surface area contributed by atoms with E-state index in [4.69, 9.17) is 0 Å². The molecule has 1 aliphatic rings. The molecule has 0 unspecified atom stereocenters. The van der Waals surface area contributed by atoms with Crippen molar-refractivity contribution in [3.05, 3.63) is 35.6 Å². The first-order valence-corrected chi connectivity index (χ1v) is 9.67. The number of nitrogens with zero attached hydrogens (tertiary/aromatic N) is 3. The zero-order valence-electron chi connectivity index (χ0n) is 16.7. The van der Waals surface area contributed by atoms with Crippen molar-refractivity contribution in [3.63, 3.8) is 0 Å². The highest BCUT2D eigenvalue weighted by atomic mass is 19.4. The van der Waals surface area contributed by atoms with E-state index in [9.17, 15) is 27.2 Å². The van der Waals surface area contributed by atoms with Gasteiger partial charge in [-0.3, -0.25) is 14.5 Å². The van der Waals surface area contributed by atoms with Crippen LogP contribution < -0.4 is 0 Å². The molecule has 0 saturated carbocycles. The highest BCUT2D eigenvalue weighted by Crippen LogP contribution is 2.18. The zero-order chi connectivity index (χ0) is 21.6. The van der Waals surface area contributed by atoms with Crippen molar-refractivity contribution in [1.82, 2.24) is 14.7 Å². The number of halogens is 4. The molecule has 5 nitrogen and oxygen atoms in total. The van der Waals surface area contributed by atoms with Crippen molar-refractivity contribution in [2.24, 2.45) is 5.92 Å². The number of hydrogen-bond acceptors (Lipinski definition) is 3. The van der Waals surface area contributed by atoms with Crippen LogP contribution in [0.3, 0.4) is 0 Å². The monoisotopic (exact) mass is 417 g/mol. The fourth-order valence-corrected chi connectivity index (χ4v) is 3.34. The third-order valence-corrected chi connectivity index (χ3v) is 4.61. The van der Waals surface area contributed by atoms with Gasteiger partial charge in [-0.15, -0.1) is 0 Å². The minimum absolute atomic E-state index is 0.0381. The van der Waals surface area contributed by atoms with Gasteiger partial charge in [-0.2, -0.15) is 13.2 Å². The molecule has 1 fully saturated rings. The first kappa shape index (κ1) is 23.1. The van der Waals surface area contributed by atoms with Gasteiger partial charge in [0.25, 0.3) is 5.91 Å². The minimum atomic E-state index is -4.45. The summed E-state index contributed by atoms with van der Waals surface area (Å²) in [7, 11) is 0. The van der Waals surface area contributed by atoms with Crippen LogP contribution >= 0.6 is 0 Å². The first-order chi connectivity index (χ1) is 13.5. The van der Waals surface area contributed by atoms with Gasteiger partial charge in [-0.05, 0) is 30.5 Å². The molecule has 29 heavy (non-hydrogen) atoms. The maximum Gasteiger partial charge on any atom is 0.406 e. The molecule has 1 aliphatic heterocycles. The van der Waals surface area contributed by atoms with E-state index in [2.05, 4.69) is 0 Å². The van der Waals surface area contributed by atoms with Crippen LogP contribution in [0, 0.1) is 11.7 Å². The lowest BCUT2D eigenvalue weighted by Gasteiger charge is -2.28. The molecule has 1 heterocycles. The molecular formula is C20H27F4N3O2. The van der Waals surface area contributed by atoms with Crippen LogP contribution in [0.1, 0.15) is 30.6 Å². The van der Waals surface area contributed by atoms with E-state index in [1.54, 1.807) is 29.7 Å². The zero-order valence-corrected chi connectivity index (χ0v) is 16.7. The Labute approximate surface area is 168 Å². The number of benzene rings is 1. The number of amides is 2. The van der Waals surface area contributed by atoms with Gasteiger partial charge in [-0.1, -0.05) is 19.9 Å². The molecule has 1 saturated heterocycles. The van der Waals surface area contributed by atoms with Gasteiger partial charge in [0.05, 0.1) is 6.54 Å². The molecular weight excluding hydrogens is 390 g/mol. The van der Waals surface area contributed by atoms with Gasteiger partial charge >= 0.3 is 6.18 Å². The smallest absolute Gasteiger partial charge is 0.337 e. The van der Waals surface area contributed by atoms with Gasteiger partial charge in [0, 0.05) is 38.3 Å². The van der Waals surface area contributed by atoms with E-state index in [1.165, 1.54) is 18.2 Å². The molecule has 0 aliphatic carbocycles. The summed E-state index contributed by atoms with van der Waals surface area (Å²) in [5.41, 5.74) is 0.253. The van der Waals surface area contributed by atoms with E-state index < -0.39 is 24.4 Å². The topological polar surface area (TPSA) is 43.9 Å². The summed E-state index contributed by atoms with van der Waals surface area (Å²) in [6, 6.07) is 5.44. The van der Waals surface area contributed by atoms with Crippen molar-refractivity contribution in [2.75, 3.05) is 45.8 Å². The predicted octanol–water partition coefficient (Wildman–Crippen LogP) is 3.02. The van der Waals surface area contributed by atoms with E-state index in [0.29, 0.717) is 32.6 Å². The molecule has 0 aromatic heterocycles. The number of hydrogen-bond donors (Lipinski definition) is 0. The molecule has 0 atom stereocenters. The third kappa shape index (κ3) is 7.64. The molecule has 1 aromatic carbocycles. The number of carbonyl (C=O) groups is 2. The normalized spacial score (nSPS) is 16.0. The second-order valence-corrected chi connectivity index (χ2v) is 7.72. The second kappa shape index (κ2) is 10.0. The van der Waals surface area contributed by atoms with Crippen LogP contribution in [0.2, 0.25) is 0 Å². The Morgan fingerprint density at radius 2 is 1.86 bits per heavy atom. The number of alkyl halides is 3. The van der Waals surface area contributed by atoms with Crippen LogP contribution in [0.5, 0.6) is 0 Å². The van der Waals surface area contributed by atoms with Crippen molar-refractivity contribution >= 4 is 11.8 Å². The summed E-state index contributed by atoms with van der Waals surface area (Å²) >= 11 is 0. The largest absolute Gasteiger partial charge is 0.406 e. The predicted molar refractivity (Wildman–Crippen MR) is 101 cm³/mol. The lowest BCUT2D eigenvalue weighted by Crippen LogP contribution is -2.46. The summed E-state index contributed by atoms with van der Waals surface area (Å²) < 4.78 is 51.8. The van der Waals surface area contributed by atoms with Crippen LogP contribution in [-0.2, 0) is 4.79 Å². The average molecular weight is 417 g/mol. The molecule has 1 aromatic rings. The number of carbonyl (C=O) groups excluding carboxylic acids is 2. The molecule has 0 spiro atoms.